The molecular weight excluding hydrogens is 477 g/mol. The fourth-order valence-electron chi connectivity index (χ4n) is 6.48. The largest absolute Gasteiger partial charge is 0.372 e. The molecule has 38 heavy (non-hydrogen) atoms. The van der Waals surface area contributed by atoms with Crippen LogP contribution < -0.4 is 4.90 Å². The van der Waals surface area contributed by atoms with Crippen molar-refractivity contribution in [2.24, 2.45) is 0 Å². The van der Waals surface area contributed by atoms with Crippen molar-refractivity contribution in [2.75, 3.05) is 44.2 Å². The normalized spacial score (nSPS) is 20.1. The van der Waals surface area contributed by atoms with Gasteiger partial charge in [-0.25, -0.2) is 4.39 Å². The van der Waals surface area contributed by atoms with Crippen LogP contribution in [0.4, 0.5) is 10.1 Å². The molecule has 196 valence electrons. The van der Waals surface area contributed by atoms with Gasteiger partial charge in [-0.2, -0.15) is 0 Å². The molecule has 5 nitrogen and oxygen atoms in total. The van der Waals surface area contributed by atoms with E-state index in [1.54, 1.807) is 18.2 Å². The second kappa shape index (κ2) is 10.1. The Labute approximate surface area is 223 Å². The predicted molar refractivity (Wildman–Crippen MR) is 147 cm³/mol. The van der Waals surface area contributed by atoms with Crippen LogP contribution in [0.5, 0.6) is 0 Å². The van der Waals surface area contributed by atoms with E-state index in [1.165, 1.54) is 12.5 Å². The van der Waals surface area contributed by atoms with E-state index in [2.05, 4.69) is 26.8 Å². The van der Waals surface area contributed by atoms with Crippen LogP contribution in [0, 0.1) is 12.7 Å². The van der Waals surface area contributed by atoms with Crippen molar-refractivity contribution >= 4 is 17.3 Å². The Morgan fingerprint density at radius 1 is 0.763 bits per heavy atom. The highest BCUT2D eigenvalue weighted by molar-refractivity contribution is 6.32. The second-order valence-corrected chi connectivity index (χ2v) is 10.8. The van der Waals surface area contributed by atoms with Crippen molar-refractivity contribution in [3.8, 4) is 0 Å². The smallest absolute Gasteiger partial charge is 0.196 e. The molecule has 0 atom stereocenters. The summed E-state index contributed by atoms with van der Waals surface area (Å²) in [6.45, 7) is 7.19. The number of piperidine rings is 1. The Kier molecular flexibility index (Phi) is 6.62. The van der Waals surface area contributed by atoms with E-state index in [9.17, 15) is 14.0 Å². The number of aryl methyl sites for hydroxylation is 1. The molecule has 0 unspecified atom stereocenters. The molecule has 1 aliphatic carbocycles. The lowest BCUT2D eigenvalue weighted by molar-refractivity contribution is 0.0279. The van der Waals surface area contributed by atoms with Crippen LogP contribution in [0.2, 0.25) is 0 Å². The van der Waals surface area contributed by atoms with Gasteiger partial charge in [-0.3, -0.25) is 19.4 Å². The maximum Gasteiger partial charge on any atom is 0.196 e. The van der Waals surface area contributed by atoms with Gasteiger partial charge >= 0.3 is 0 Å². The standard InChI is InChI=1S/C32H34FN3O2/c1-23-12-13-26(33)20-24(23)22-34-16-18-36(19-17-34)32(30(37)28-10-3-4-11-29(28)31(32)38)25-8-7-9-27(21-25)35-14-5-2-6-15-35/h3-4,7-13,20-21H,2,5-6,14-19,22H2,1H3. The number of anilines is 1. The lowest BCUT2D eigenvalue weighted by Gasteiger charge is -2.44. The van der Waals surface area contributed by atoms with Crippen LogP contribution in [0.25, 0.3) is 0 Å². The van der Waals surface area contributed by atoms with Gasteiger partial charge in [0.2, 0.25) is 0 Å². The number of ketones is 2. The van der Waals surface area contributed by atoms with Crippen molar-refractivity contribution in [3.05, 3.63) is 100 Å². The number of rotatable bonds is 5. The summed E-state index contributed by atoms with van der Waals surface area (Å²) in [6, 6.07) is 20.3. The van der Waals surface area contributed by atoms with Crippen LogP contribution in [-0.4, -0.2) is 60.6 Å². The molecular formula is C32H34FN3O2. The molecule has 0 spiro atoms. The van der Waals surface area contributed by atoms with E-state index in [4.69, 9.17) is 0 Å². The SMILES string of the molecule is Cc1ccc(F)cc1CN1CCN(C2(c3cccc(N4CCCCC4)c3)C(=O)c3ccccc3C2=O)CC1. The van der Waals surface area contributed by atoms with Gasteiger partial charge in [-0.15, -0.1) is 0 Å². The van der Waals surface area contributed by atoms with E-state index in [0.29, 0.717) is 43.9 Å². The first-order valence-corrected chi connectivity index (χ1v) is 13.7. The topological polar surface area (TPSA) is 43.9 Å². The molecule has 3 aromatic rings. The Hall–Kier alpha value is -3.35. The number of benzene rings is 3. The highest BCUT2D eigenvalue weighted by atomic mass is 19.1. The fourth-order valence-corrected chi connectivity index (χ4v) is 6.48. The van der Waals surface area contributed by atoms with Gasteiger partial charge in [0.25, 0.3) is 0 Å². The van der Waals surface area contributed by atoms with Gasteiger partial charge in [0.05, 0.1) is 0 Å². The first-order valence-electron chi connectivity index (χ1n) is 13.7. The molecule has 2 saturated heterocycles. The molecule has 3 aromatic carbocycles. The molecule has 2 fully saturated rings. The molecule has 2 aliphatic heterocycles. The first kappa shape index (κ1) is 25.0. The summed E-state index contributed by atoms with van der Waals surface area (Å²) >= 11 is 0. The van der Waals surface area contributed by atoms with Crippen molar-refractivity contribution in [3.63, 3.8) is 0 Å². The predicted octanol–water partition coefficient (Wildman–Crippen LogP) is 5.22. The van der Waals surface area contributed by atoms with Crippen molar-refractivity contribution in [1.82, 2.24) is 9.80 Å². The summed E-state index contributed by atoms with van der Waals surface area (Å²) in [5.41, 5.74) is 3.56. The number of Topliss-reactive ketones (excluding diaryl/α,β-unsaturated/α-hetero) is 2. The summed E-state index contributed by atoms with van der Waals surface area (Å²) < 4.78 is 13.9. The minimum atomic E-state index is -1.35. The lowest BCUT2D eigenvalue weighted by atomic mass is 9.82. The number of carbonyl (C=O) groups is 2. The van der Waals surface area contributed by atoms with Gasteiger partial charge in [-0.05, 0) is 67.1 Å². The van der Waals surface area contributed by atoms with Crippen LogP contribution in [-0.2, 0) is 12.1 Å². The summed E-state index contributed by atoms with van der Waals surface area (Å²) in [5, 5.41) is 0. The maximum atomic E-state index is 14.2. The summed E-state index contributed by atoms with van der Waals surface area (Å²) in [6.07, 6.45) is 3.56. The minimum absolute atomic E-state index is 0.122. The van der Waals surface area contributed by atoms with Crippen molar-refractivity contribution < 1.29 is 14.0 Å². The Balaban J connectivity index is 1.33. The quantitative estimate of drug-likeness (QED) is 0.440. The number of halogens is 1. The molecule has 0 saturated carbocycles. The molecule has 3 aliphatic rings. The molecule has 0 amide bonds. The van der Waals surface area contributed by atoms with Crippen LogP contribution in [0.15, 0.2) is 66.7 Å². The minimum Gasteiger partial charge on any atom is -0.372 e. The lowest BCUT2D eigenvalue weighted by Crippen LogP contribution is -2.60. The van der Waals surface area contributed by atoms with E-state index >= 15 is 0 Å². The third-order valence-electron chi connectivity index (χ3n) is 8.61. The first-order chi connectivity index (χ1) is 18.5. The molecule has 0 N–H and O–H groups in total. The van der Waals surface area contributed by atoms with E-state index in [0.717, 1.165) is 48.3 Å². The third-order valence-corrected chi connectivity index (χ3v) is 8.61. The summed E-state index contributed by atoms with van der Waals surface area (Å²) in [7, 11) is 0. The van der Waals surface area contributed by atoms with Crippen molar-refractivity contribution in [2.45, 2.75) is 38.3 Å². The van der Waals surface area contributed by atoms with Gasteiger partial charge in [0.15, 0.2) is 17.1 Å². The Morgan fingerprint density at radius 3 is 2.13 bits per heavy atom. The second-order valence-electron chi connectivity index (χ2n) is 10.8. The zero-order valence-electron chi connectivity index (χ0n) is 22.0. The molecule has 6 rings (SSSR count). The van der Waals surface area contributed by atoms with E-state index in [-0.39, 0.29) is 17.4 Å². The number of piperazine rings is 1. The molecule has 6 heteroatoms. The zero-order valence-corrected chi connectivity index (χ0v) is 22.0. The Morgan fingerprint density at radius 2 is 1.45 bits per heavy atom. The number of hydrogen-bond donors (Lipinski definition) is 0. The maximum absolute atomic E-state index is 14.2. The monoisotopic (exact) mass is 511 g/mol. The summed E-state index contributed by atoms with van der Waals surface area (Å²) in [4.78, 5) is 35.2. The highest BCUT2D eigenvalue weighted by Crippen LogP contribution is 2.44. The molecule has 2 heterocycles. The van der Waals surface area contributed by atoms with Gasteiger partial charge in [0.1, 0.15) is 5.82 Å². The van der Waals surface area contributed by atoms with Gasteiger partial charge in [0, 0.05) is 62.6 Å². The number of carbonyl (C=O) groups excluding carboxylic acids is 2. The van der Waals surface area contributed by atoms with Crippen LogP contribution in [0.1, 0.15) is 56.7 Å². The number of fused-ring (bicyclic) bond motifs is 1. The average Bonchev–Trinajstić information content (AvgIpc) is 3.19. The Bertz CT molecular complexity index is 1340. The fraction of sp³-hybridized carbons (Fsp3) is 0.375. The number of nitrogens with zero attached hydrogens (tertiary/aromatic N) is 3. The van der Waals surface area contributed by atoms with Crippen LogP contribution >= 0.6 is 0 Å². The molecule has 0 bridgehead atoms. The highest BCUT2D eigenvalue weighted by Gasteiger charge is 2.58. The molecule has 0 aromatic heterocycles. The van der Waals surface area contributed by atoms with Crippen LogP contribution in [0.3, 0.4) is 0 Å². The van der Waals surface area contributed by atoms with E-state index < -0.39 is 5.54 Å². The van der Waals surface area contributed by atoms with Gasteiger partial charge in [-0.1, -0.05) is 42.5 Å². The summed E-state index contributed by atoms with van der Waals surface area (Å²) in [5.74, 6) is -0.469. The zero-order chi connectivity index (χ0) is 26.3. The molecule has 0 radical (unpaired) electrons. The average molecular weight is 512 g/mol. The number of hydrogen-bond acceptors (Lipinski definition) is 5. The van der Waals surface area contributed by atoms with Gasteiger partial charge < -0.3 is 4.90 Å². The third kappa shape index (κ3) is 4.16. The van der Waals surface area contributed by atoms with E-state index in [1.807, 2.05) is 37.3 Å². The van der Waals surface area contributed by atoms with Crippen molar-refractivity contribution in [1.29, 1.82) is 0 Å².